The third-order valence-electron chi connectivity index (χ3n) is 5.82. The summed E-state index contributed by atoms with van der Waals surface area (Å²) in [6, 6.07) is 5.06. The van der Waals surface area contributed by atoms with Crippen molar-refractivity contribution >= 4 is 32.8 Å². The van der Waals surface area contributed by atoms with Gasteiger partial charge in [0.05, 0.1) is 0 Å². The van der Waals surface area contributed by atoms with Crippen molar-refractivity contribution in [3.63, 3.8) is 0 Å². The zero-order valence-electron chi connectivity index (χ0n) is 17.6. The van der Waals surface area contributed by atoms with E-state index in [1.165, 1.54) is 31.7 Å². The predicted octanol–water partition coefficient (Wildman–Crippen LogP) is 4.11. The molecule has 0 unspecified atom stereocenters. The van der Waals surface area contributed by atoms with E-state index in [0.29, 0.717) is 24.4 Å². The first-order valence-corrected chi connectivity index (χ1v) is 11.1. The zero-order valence-corrected chi connectivity index (χ0v) is 19.2. The van der Waals surface area contributed by atoms with Gasteiger partial charge in [-0.15, -0.1) is 0 Å². The van der Waals surface area contributed by atoms with Crippen LogP contribution in [0.1, 0.15) is 30.3 Å². The molecule has 0 bridgehead atoms. The van der Waals surface area contributed by atoms with Crippen LogP contribution < -0.4 is 4.90 Å². The standard InChI is InChI=1S/C23H19BrF2N6O/c1-23(33,18-3-2-17(25)9-19(18)26)15-10-27-21(28-11-15)14-4-6-31(7-5-14)22-20-8-16(24)12-32(20)30-13-29-22/h2-4,8-13,33H,5-7H2,1H3/t23-/m1/s1. The molecule has 4 aromatic rings. The highest BCUT2D eigenvalue weighted by atomic mass is 79.9. The van der Waals surface area contributed by atoms with Gasteiger partial charge in [0.25, 0.3) is 0 Å². The minimum atomic E-state index is -1.70. The Morgan fingerprint density at radius 2 is 1.91 bits per heavy atom. The van der Waals surface area contributed by atoms with Crippen molar-refractivity contribution in [3.05, 3.63) is 88.3 Å². The topological polar surface area (TPSA) is 79.4 Å². The van der Waals surface area contributed by atoms with Crippen molar-refractivity contribution in [3.8, 4) is 0 Å². The van der Waals surface area contributed by atoms with Crippen molar-refractivity contribution in [2.24, 2.45) is 0 Å². The van der Waals surface area contributed by atoms with Crippen LogP contribution in [-0.2, 0) is 5.60 Å². The number of hydrogen-bond donors (Lipinski definition) is 1. The monoisotopic (exact) mass is 512 g/mol. The molecule has 5 rings (SSSR count). The summed E-state index contributed by atoms with van der Waals surface area (Å²) in [5.41, 5.74) is 0.472. The van der Waals surface area contributed by atoms with E-state index >= 15 is 0 Å². The Morgan fingerprint density at radius 1 is 1.12 bits per heavy atom. The molecular weight excluding hydrogens is 494 g/mol. The minimum Gasteiger partial charge on any atom is -0.380 e. The average Bonchev–Trinajstić information content (AvgIpc) is 3.19. The van der Waals surface area contributed by atoms with Crippen molar-refractivity contribution < 1.29 is 13.9 Å². The number of halogens is 3. The highest BCUT2D eigenvalue weighted by Crippen LogP contribution is 2.32. The fourth-order valence-corrected chi connectivity index (χ4v) is 4.39. The zero-order chi connectivity index (χ0) is 23.2. The lowest BCUT2D eigenvalue weighted by atomic mass is 9.89. The highest BCUT2D eigenvalue weighted by molar-refractivity contribution is 9.10. The number of fused-ring (bicyclic) bond motifs is 1. The second-order valence-corrected chi connectivity index (χ2v) is 8.90. The summed E-state index contributed by atoms with van der Waals surface area (Å²) < 4.78 is 30.2. The van der Waals surface area contributed by atoms with Crippen LogP contribution in [0.2, 0.25) is 0 Å². The van der Waals surface area contributed by atoms with Crippen molar-refractivity contribution in [2.75, 3.05) is 18.0 Å². The molecule has 1 aromatic carbocycles. The van der Waals surface area contributed by atoms with Crippen molar-refractivity contribution in [2.45, 2.75) is 18.9 Å². The lowest BCUT2D eigenvalue weighted by molar-refractivity contribution is 0.0970. The van der Waals surface area contributed by atoms with Gasteiger partial charge in [0.1, 0.15) is 29.1 Å². The third-order valence-corrected chi connectivity index (χ3v) is 6.25. The van der Waals surface area contributed by atoms with E-state index < -0.39 is 17.2 Å². The van der Waals surface area contributed by atoms with Gasteiger partial charge in [-0.1, -0.05) is 6.08 Å². The molecule has 0 fully saturated rings. The quantitative estimate of drug-likeness (QED) is 0.443. The Kier molecular flexibility index (Phi) is 5.41. The number of benzene rings is 1. The molecule has 1 aliphatic heterocycles. The average molecular weight is 513 g/mol. The van der Waals surface area contributed by atoms with Gasteiger partial charge in [0, 0.05) is 53.3 Å². The van der Waals surface area contributed by atoms with Gasteiger partial charge in [-0.25, -0.2) is 28.2 Å². The molecule has 0 radical (unpaired) electrons. The second-order valence-electron chi connectivity index (χ2n) is 7.99. The number of hydrogen-bond acceptors (Lipinski definition) is 6. The molecule has 1 N–H and O–H groups in total. The first-order chi connectivity index (χ1) is 15.8. The van der Waals surface area contributed by atoms with E-state index in [1.807, 2.05) is 18.3 Å². The summed E-state index contributed by atoms with van der Waals surface area (Å²) in [6.45, 7) is 2.79. The number of rotatable bonds is 4. The van der Waals surface area contributed by atoms with E-state index in [2.05, 4.69) is 40.9 Å². The Hall–Kier alpha value is -3.24. The van der Waals surface area contributed by atoms with Crippen LogP contribution in [0, 0.1) is 11.6 Å². The maximum atomic E-state index is 14.2. The van der Waals surface area contributed by atoms with Crippen LogP contribution in [0.25, 0.3) is 11.1 Å². The fraction of sp³-hybridized carbons (Fsp3) is 0.217. The smallest absolute Gasteiger partial charge is 0.156 e. The number of aromatic nitrogens is 5. The van der Waals surface area contributed by atoms with Gasteiger partial charge in [0.15, 0.2) is 11.6 Å². The van der Waals surface area contributed by atoms with E-state index in [0.717, 1.165) is 40.1 Å². The first-order valence-electron chi connectivity index (χ1n) is 10.3. The van der Waals surface area contributed by atoms with Crippen molar-refractivity contribution in [1.82, 2.24) is 24.6 Å². The summed E-state index contributed by atoms with van der Waals surface area (Å²) in [4.78, 5) is 15.4. The lowest BCUT2D eigenvalue weighted by Gasteiger charge is -2.27. The SMILES string of the molecule is C[C@@](O)(c1cnc(C2=CCN(c3ncnn4cc(Br)cc34)CC2)nc1)c1ccc(F)cc1F. The predicted molar refractivity (Wildman–Crippen MR) is 123 cm³/mol. The molecule has 10 heteroatoms. The Balaban J connectivity index is 1.36. The lowest BCUT2D eigenvalue weighted by Crippen LogP contribution is -2.30. The van der Waals surface area contributed by atoms with Gasteiger partial charge in [-0.05, 0) is 53.0 Å². The molecule has 0 amide bonds. The van der Waals surface area contributed by atoms with Crippen LogP contribution in [-0.4, -0.2) is 42.8 Å². The summed E-state index contributed by atoms with van der Waals surface area (Å²) in [5, 5.41) is 15.1. The Bertz CT molecular complexity index is 1370. The Morgan fingerprint density at radius 3 is 2.61 bits per heavy atom. The molecule has 7 nitrogen and oxygen atoms in total. The molecule has 0 aliphatic carbocycles. The molecule has 0 saturated heterocycles. The van der Waals surface area contributed by atoms with Crippen molar-refractivity contribution in [1.29, 1.82) is 0 Å². The van der Waals surface area contributed by atoms with E-state index in [9.17, 15) is 13.9 Å². The number of aliphatic hydroxyl groups is 1. The normalized spacial score (nSPS) is 16.0. The van der Waals surface area contributed by atoms with Crippen LogP contribution in [0.3, 0.4) is 0 Å². The molecule has 168 valence electrons. The van der Waals surface area contributed by atoms with E-state index in [4.69, 9.17) is 0 Å². The first kappa shape index (κ1) is 21.6. The molecule has 1 atom stereocenters. The maximum Gasteiger partial charge on any atom is 0.156 e. The molecular formula is C23H19BrF2N6O. The fourth-order valence-electron chi connectivity index (χ4n) is 3.98. The third kappa shape index (κ3) is 4.00. The summed E-state index contributed by atoms with van der Waals surface area (Å²) in [7, 11) is 0. The molecule has 33 heavy (non-hydrogen) atoms. The highest BCUT2D eigenvalue weighted by Gasteiger charge is 2.30. The van der Waals surface area contributed by atoms with Gasteiger partial charge in [0.2, 0.25) is 0 Å². The number of nitrogens with zero attached hydrogens (tertiary/aromatic N) is 6. The van der Waals surface area contributed by atoms with E-state index in [-0.39, 0.29) is 5.56 Å². The molecule has 3 aromatic heterocycles. The van der Waals surface area contributed by atoms with Gasteiger partial charge in [-0.3, -0.25) is 0 Å². The van der Waals surface area contributed by atoms with Gasteiger partial charge >= 0.3 is 0 Å². The van der Waals surface area contributed by atoms with Gasteiger partial charge < -0.3 is 10.0 Å². The summed E-state index contributed by atoms with van der Waals surface area (Å²) >= 11 is 3.47. The number of anilines is 1. The van der Waals surface area contributed by atoms with Crippen LogP contribution >= 0.6 is 15.9 Å². The maximum absolute atomic E-state index is 14.2. The Labute approximate surface area is 196 Å². The summed E-state index contributed by atoms with van der Waals surface area (Å²) in [6.07, 6.45) is 9.13. The minimum absolute atomic E-state index is 0.0408. The van der Waals surface area contributed by atoms with Crippen LogP contribution in [0.15, 0.2) is 59.7 Å². The molecule has 0 spiro atoms. The van der Waals surface area contributed by atoms with E-state index in [1.54, 1.807) is 4.52 Å². The molecule has 0 saturated carbocycles. The molecule has 1 aliphatic rings. The summed E-state index contributed by atoms with van der Waals surface area (Å²) in [5.74, 6) is -0.135. The van der Waals surface area contributed by atoms with Crippen LogP contribution in [0.4, 0.5) is 14.6 Å². The van der Waals surface area contributed by atoms with Gasteiger partial charge in [-0.2, -0.15) is 5.10 Å². The second kappa shape index (κ2) is 8.27. The van der Waals surface area contributed by atoms with Crippen LogP contribution in [0.5, 0.6) is 0 Å². The molecule has 4 heterocycles. The largest absolute Gasteiger partial charge is 0.380 e.